The molecule has 1 aliphatic heterocycles. The Labute approximate surface area is 95.0 Å². The summed E-state index contributed by atoms with van der Waals surface area (Å²) in [4.78, 5) is 3.15. The maximum absolute atomic E-state index is 12.1. The first kappa shape index (κ1) is 11.4. The fraction of sp³-hybridized carbons (Fsp3) is 0.400. The summed E-state index contributed by atoms with van der Waals surface area (Å²) in [7, 11) is -3.36. The smallest absolute Gasteiger partial charge is 0.244 e. The standard InChI is InChI=1S/C10H15N3O2S/c11-7-9-6-10(8-12-9)16(14,15)13-4-2-1-3-5-13/h1-2,6,8,12H,3-5,7,11H2. The molecule has 5 nitrogen and oxygen atoms in total. The number of H-pyrrole nitrogens is 1. The Balaban J connectivity index is 2.27. The molecule has 0 saturated heterocycles. The van der Waals surface area contributed by atoms with Gasteiger partial charge in [0.1, 0.15) is 0 Å². The molecule has 0 atom stereocenters. The Hall–Kier alpha value is -1.11. The van der Waals surface area contributed by atoms with Crippen LogP contribution in [0.2, 0.25) is 0 Å². The average Bonchev–Trinajstić information content (AvgIpc) is 2.79. The third-order valence-electron chi connectivity index (χ3n) is 2.59. The lowest BCUT2D eigenvalue weighted by Gasteiger charge is -2.21. The highest BCUT2D eigenvalue weighted by molar-refractivity contribution is 7.89. The first-order chi connectivity index (χ1) is 7.64. The summed E-state index contributed by atoms with van der Waals surface area (Å²) in [6.07, 6.45) is 6.13. The Morgan fingerprint density at radius 3 is 2.81 bits per heavy atom. The minimum Gasteiger partial charge on any atom is -0.363 e. The zero-order chi connectivity index (χ0) is 11.6. The van der Waals surface area contributed by atoms with E-state index in [0.717, 1.165) is 12.1 Å². The molecule has 0 bridgehead atoms. The highest BCUT2D eigenvalue weighted by Crippen LogP contribution is 2.18. The summed E-state index contributed by atoms with van der Waals surface area (Å²) in [6, 6.07) is 1.59. The third-order valence-corrected chi connectivity index (χ3v) is 4.44. The van der Waals surface area contributed by atoms with Gasteiger partial charge in [-0.15, -0.1) is 0 Å². The second-order valence-corrected chi connectivity index (χ2v) is 5.63. The fourth-order valence-electron chi connectivity index (χ4n) is 1.67. The van der Waals surface area contributed by atoms with Gasteiger partial charge in [-0.3, -0.25) is 0 Å². The van der Waals surface area contributed by atoms with Crippen LogP contribution in [0.4, 0.5) is 0 Å². The van der Waals surface area contributed by atoms with Gasteiger partial charge < -0.3 is 10.7 Å². The van der Waals surface area contributed by atoms with Crippen LogP contribution < -0.4 is 5.73 Å². The summed E-state index contributed by atoms with van der Waals surface area (Å²) in [5.41, 5.74) is 6.16. The molecule has 0 aliphatic carbocycles. The molecule has 6 heteroatoms. The van der Waals surface area contributed by atoms with E-state index in [1.807, 2.05) is 12.2 Å². The summed E-state index contributed by atoms with van der Waals surface area (Å²) >= 11 is 0. The predicted molar refractivity (Wildman–Crippen MR) is 61.2 cm³/mol. The van der Waals surface area contributed by atoms with Gasteiger partial charge in [0.15, 0.2) is 0 Å². The van der Waals surface area contributed by atoms with Crippen molar-refractivity contribution in [2.45, 2.75) is 17.9 Å². The van der Waals surface area contributed by atoms with Crippen molar-refractivity contribution < 1.29 is 8.42 Å². The van der Waals surface area contributed by atoms with E-state index in [4.69, 9.17) is 5.73 Å². The van der Waals surface area contributed by atoms with E-state index in [1.165, 1.54) is 10.5 Å². The highest BCUT2D eigenvalue weighted by atomic mass is 32.2. The maximum Gasteiger partial charge on any atom is 0.244 e. The van der Waals surface area contributed by atoms with Crippen molar-refractivity contribution in [2.75, 3.05) is 13.1 Å². The molecule has 0 saturated carbocycles. The van der Waals surface area contributed by atoms with Gasteiger partial charge in [-0.1, -0.05) is 12.2 Å². The van der Waals surface area contributed by atoms with Crippen molar-refractivity contribution in [3.05, 3.63) is 30.1 Å². The van der Waals surface area contributed by atoms with Gasteiger partial charge in [0, 0.05) is 31.5 Å². The number of sulfonamides is 1. The van der Waals surface area contributed by atoms with E-state index in [0.29, 0.717) is 24.5 Å². The van der Waals surface area contributed by atoms with Crippen LogP contribution in [0.25, 0.3) is 0 Å². The van der Waals surface area contributed by atoms with E-state index in [1.54, 1.807) is 6.07 Å². The van der Waals surface area contributed by atoms with Crippen molar-refractivity contribution >= 4 is 10.0 Å². The van der Waals surface area contributed by atoms with Gasteiger partial charge in [0.2, 0.25) is 10.0 Å². The van der Waals surface area contributed by atoms with E-state index in [2.05, 4.69) is 4.98 Å². The monoisotopic (exact) mass is 241 g/mol. The predicted octanol–water partition coefficient (Wildman–Crippen LogP) is 0.424. The largest absolute Gasteiger partial charge is 0.363 e. The molecule has 0 radical (unpaired) electrons. The lowest BCUT2D eigenvalue weighted by atomic mass is 10.3. The normalized spacial score (nSPS) is 17.8. The van der Waals surface area contributed by atoms with Crippen LogP contribution in [0.15, 0.2) is 29.3 Å². The number of rotatable bonds is 3. The van der Waals surface area contributed by atoms with Crippen LogP contribution in [0.1, 0.15) is 12.1 Å². The lowest BCUT2D eigenvalue weighted by molar-refractivity contribution is 0.437. The van der Waals surface area contributed by atoms with E-state index >= 15 is 0 Å². The minimum absolute atomic E-state index is 0.295. The van der Waals surface area contributed by atoms with Gasteiger partial charge in [0.05, 0.1) is 4.90 Å². The van der Waals surface area contributed by atoms with Crippen molar-refractivity contribution in [2.24, 2.45) is 5.73 Å². The Morgan fingerprint density at radius 1 is 1.44 bits per heavy atom. The molecule has 0 unspecified atom stereocenters. The SMILES string of the molecule is NCc1cc(S(=O)(=O)N2CC=CCC2)c[nH]1. The van der Waals surface area contributed by atoms with Crippen molar-refractivity contribution in [3.8, 4) is 0 Å². The molecular formula is C10H15N3O2S. The Kier molecular flexibility index (Phi) is 3.13. The van der Waals surface area contributed by atoms with Gasteiger partial charge in [-0.05, 0) is 12.5 Å². The van der Waals surface area contributed by atoms with E-state index < -0.39 is 10.0 Å². The Bertz CT molecular complexity index is 490. The van der Waals surface area contributed by atoms with E-state index in [9.17, 15) is 8.42 Å². The van der Waals surface area contributed by atoms with Crippen LogP contribution >= 0.6 is 0 Å². The summed E-state index contributed by atoms with van der Waals surface area (Å²) in [5.74, 6) is 0. The first-order valence-corrected chi connectivity index (χ1v) is 6.61. The molecule has 0 fully saturated rings. The van der Waals surface area contributed by atoms with Gasteiger partial charge >= 0.3 is 0 Å². The third kappa shape index (κ3) is 2.04. The van der Waals surface area contributed by atoms with Crippen LogP contribution in [-0.4, -0.2) is 30.8 Å². The number of hydrogen-bond donors (Lipinski definition) is 2. The molecular weight excluding hydrogens is 226 g/mol. The van der Waals surface area contributed by atoms with Crippen molar-refractivity contribution in [1.29, 1.82) is 0 Å². The average molecular weight is 241 g/mol. The topological polar surface area (TPSA) is 79.2 Å². The lowest BCUT2D eigenvalue weighted by Crippen LogP contribution is -2.33. The van der Waals surface area contributed by atoms with Crippen LogP contribution in [-0.2, 0) is 16.6 Å². The molecule has 1 aromatic rings. The fourth-order valence-corrected chi connectivity index (χ4v) is 3.10. The molecule has 1 aliphatic rings. The van der Waals surface area contributed by atoms with Gasteiger partial charge in [0.25, 0.3) is 0 Å². The number of aromatic amines is 1. The molecule has 0 aromatic carbocycles. The van der Waals surface area contributed by atoms with Gasteiger partial charge in [-0.25, -0.2) is 8.42 Å². The number of hydrogen-bond acceptors (Lipinski definition) is 3. The molecule has 1 aromatic heterocycles. The molecule has 0 spiro atoms. The van der Waals surface area contributed by atoms with Crippen molar-refractivity contribution in [3.63, 3.8) is 0 Å². The zero-order valence-electron chi connectivity index (χ0n) is 8.89. The number of aromatic nitrogens is 1. The molecule has 2 heterocycles. The van der Waals surface area contributed by atoms with Crippen LogP contribution in [0.3, 0.4) is 0 Å². The number of nitrogens with one attached hydrogen (secondary N) is 1. The first-order valence-electron chi connectivity index (χ1n) is 5.17. The quantitative estimate of drug-likeness (QED) is 0.753. The van der Waals surface area contributed by atoms with Crippen molar-refractivity contribution in [1.82, 2.24) is 9.29 Å². The molecule has 0 amide bonds. The van der Waals surface area contributed by atoms with Gasteiger partial charge in [-0.2, -0.15) is 4.31 Å². The molecule has 88 valence electrons. The second-order valence-electron chi connectivity index (χ2n) is 3.69. The highest BCUT2D eigenvalue weighted by Gasteiger charge is 2.25. The summed E-state index contributed by atoms with van der Waals surface area (Å²) in [6.45, 7) is 1.31. The molecule has 3 N–H and O–H groups in total. The maximum atomic E-state index is 12.1. The van der Waals surface area contributed by atoms with Crippen LogP contribution in [0, 0.1) is 0 Å². The minimum atomic E-state index is -3.36. The van der Waals surface area contributed by atoms with E-state index in [-0.39, 0.29) is 0 Å². The zero-order valence-corrected chi connectivity index (χ0v) is 9.70. The molecule has 2 rings (SSSR count). The number of nitrogens with two attached hydrogens (primary N) is 1. The summed E-state index contributed by atoms with van der Waals surface area (Å²) < 4.78 is 25.8. The summed E-state index contributed by atoms with van der Waals surface area (Å²) in [5, 5.41) is 0. The Morgan fingerprint density at radius 2 is 2.25 bits per heavy atom. The number of nitrogens with zero attached hydrogens (tertiary/aromatic N) is 1. The second kappa shape index (κ2) is 4.40. The molecule has 16 heavy (non-hydrogen) atoms. The van der Waals surface area contributed by atoms with Crippen LogP contribution in [0.5, 0.6) is 0 Å².